The minimum absolute atomic E-state index is 0.853. The van der Waals surface area contributed by atoms with Crippen LogP contribution in [-0.4, -0.2) is 29.1 Å². The molecule has 0 radical (unpaired) electrons. The number of hydrogen-bond donors (Lipinski definition) is 0. The maximum atomic E-state index is 5.43. The monoisotopic (exact) mass is 1570 g/mol. The molecule has 0 aliphatic carbocycles. The highest BCUT2D eigenvalue weighted by molar-refractivity contribution is 6.31. The van der Waals surface area contributed by atoms with Crippen LogP contribution in [0.3, 0.4) is 0 Å². The molecule has 6 heteroatoms. The van der Waals surface area contributed by atoms with Gasteiger partial charge in [0, 0.05) is 54.6 Å². The Morgan fingerprint density at radius 2 is 0.387 bits per heavy atom. The molecule has 4 aromatic heterocycles. The van der Waals surface area contributed by atoms with E-state index in [1.165, 1.54) is 126 Å². The molecule has 0 saturated carbocycles. The first-order valence-electron chi connectivity index (χ1n) is 42.4. The number of aromatic nitrogens is 6. The van der Waals surface area contributed by atoms with Crippen molar-refractivity contribution < 1.29 is 0 Å². The van der Waals surface area contributed by atoms with Crippen molar-refractivity contribution in [2.24, 2.45) is 0 Å². The molecule has 25 aromatic rings. The normalized spacial score (nSPS) is 11.7. The summed E-state index contributed by atoms with van der Waals surface area (Å²) in [6.45, 7) is 0. The van der Waals surface area contributed by atoms with Crippen molar-refractivity contribution >= 4 is 130 Å². The largest absolute Gasteiger partial charge is 0.309 e. The van der Waals surface area contributed by atoms with Crippen molar-refractivity contribution in [3.63, 3.8) is 0 Å². The van der Waals surface area contributed by atoms with Gasteiger partial charge in [-0.1, -0.05) is 364 Å². The van der Waals surface area contributed by atoms with Gasteiger partial charge in [0.25, 0.3) is 0 Å². The van der Waals surface area contributed by atoms with Crippen molar-refractivity contribution in [1.29, 1.82) is 0 Å². The third kappa shape index (κ3) is 12.2. The number of rotatable bonds is 11. The number of nitrogens with zero attached hydrogens (tertiary/aromatic N) is 6. The summed E-state index contributed by atoms with van der Waals surface area (Å²) in [4.78, 5) is 21.5. The van der Waals surface area contributed by atoms with Crippen molar-refractivity contribution in [3.8, 4) is 112 Å². The lowest BCUT2D eigenvalue weighted by Gasteiger charge is -2.16. The Morgan fingerprint density at radius 1 is 0.145 bits per heavy atom. The molecular weight excluding hydrogens is 1500 g/mol. The number of para-hydroxylation sites is 4. The van der Waals surface area contributed by atoms with Gasteiger partial charge in [-0.15, -0.1) is 0 Å². The van der Waals surface area contributed by atoms with Crippen molar-refractivity contribution in [3.05, 3.63) is 449 Å². The maximum Gasteiger partial charge on any atom is 0.0979 e. The predicted molar refractivity (Wildman–Crippen MR) is 522 cm³/mol. The lowest BCUT2D eigenvalue weighted by atomic mass is 9.92. The number of fused-ring (bicyclic) bond motifs is 18. The maximum absolute atomic E-state index is 5.43. The average molecular weight is 1580 g/mol. The lowest BCUT2D eigenvalue weighted by molar-refractivity contribution is 1.20. The van der Waals surface area contributed by atoms with Gasteiger partial charge in [0.05, 0.1) is 78.3 Å². The first-order valence-corrected chi connectivity index (χ1v) is 42.4. The second-order valence-corrected chi connectivity index (χ2v) is 32.2. The molecule has 25 rings (SSSR count). The van der Waals surface area contributed by atoms with E-state index in [-0.39, 0.29) is 0 Å². The summed E-state index contributed by atoms with van der Waals surface area (Å²) in [6.07, 6.45) is 0. The highest BCUT2D eigenvalue weighted by atomic mass is 15.0. The summed E-state index contributed by atoms with van der Waals surface area (Å²) >= 11 is 0. The van der Waals surface area contributed by atoms with Crippen LogP contribution in [-0.2, 0) is 0 Å². The fourth-order valence-electron chi connectivity index (χ4n) is 19.3. The van der Waals surface area contributed by atoms with Crippen LogP contribution < -0.4 is 0 Å². The van der Waals surface area contributed by atoms with E-state index in [9.17, 15) is 0 Å². The van der Waals surface area contributed by atoms with Crippen LogP contribution in [0.15, 0.2) is 449 Å². The zero-order valence-electron chi connectivity index (χ0n) is 67.4. The van der Waals surface area contributed by atoms with E-state index in [2.05, 4.69) is 434 Å². The molecule has 0 aliphatic heterocycles. The quantitative estimate of drug-likeness (QED) is 0.129. The first kappa shape index (κ1) is 71.6. The van der Waals surface area contributed by atoms with Gasteiger partial charge in [0.1, 0.15) is 0 Å². The molecule has 0 aliphatic rings. The smallest absolute Gasteiger partial charge is 0.0979 e. The van der Waals surface area contributed by atoms with Gasteiger partial charge in [0.15, 0.2) is 0 Å². The van der Waals surface area contributed by atoms with Crippen LogP contribution >= 0.6 is 0 Å². The Bertz CT molecular complexity index is 8340. The molecule has 0 N–H and O–H groups in total. The average Bonchev–Trinajstić information content (AvgIpc) is 1.55. The Labute approximate surface area is 715 Å². The predicted octanol–water partition coefficient (Wildman–Crippen LogP) is 31.4. The number of benzene rings is 21. The molecule has 0 amide bonds. The number of hydrogen-bond acceptors (Lipinski definition) is 4. The van der Waals surface area contributed by atoms with Crippen LogP contribution in [0.1, 0.15) is 0 Å². The summed E-state index contributed by atoms with van der Waals surface area (Å²) in [6, 6.07) is 161. The third-order valence-electron chi connectivity index (χ3n) is 25.1. The molecule has 6 nitrogen and oxygen atoms in total. The second-order valence-electron chi connectivity index (χ2n) is 32.2. The van der Waals surface area contributed by atoms with E-state index in [1.807, 2.05) is 24.3 Å². The fourth-order valence-corrected chi connectivity index (χ4v) is 19.3. The summed E-state index contributed by atoms with van der Waals surface area (Å²) in [7, 11) is 0. The Hall–Kier alpha value is -16.5. The van der Waals surface area contributed by atoms with E-state index < -0.39 is 0 Å². The molecule has 0 spiro atoms. The van der Waals surface area contributed by atoms with Crippen LogP contribution in [0.5, 0.6) is 0 Å². The summed E-state index contributed by atoms with van der Waals surface area (Å²) in [5.41, 5.74) is 29.8. The van der Waals surface area contributed by atoms with Gasteiger partial charge >= 0.3 is 0 Å². The molecule has 0 bridgehead atoms. The van der Waals surface area contributed by atoms with E-state index >= 15 is 0 Å². The van der Waals surface area contributed by atoms with Crippen molar-refractivity contribution in [1.82, 2.24) is 29.1 Å². The zero-order chi connectivity index (χ0) is 81.7. The van der Waals surface area contributed by atoms with Crippen LogP contribution in [0.4, 0.5) is 0 Å². The van der Waals surface area contributed by atoms with Crippen molar-refractivity contribution in [2.45, 2.75) is 0 Å². The van der Waals surface area contributed by atoms with Gasteiger partial charge < -0.3 is 9.13 Å². The van der Waals surface area contributed by atoms with Gasteiger partial charge in [-0.05, 0) is 194 Å². The van der Waals surface area contributed by atoms with Gasteiger partial charge in [-0.3, -0.25) is 0 Å². The second kappa shape index (κ2) is 29.8. The molecule has 0 fully saturated rings. The van der Waals surface area contributed by atoms with Gasteiger partial charge in [0.2, 0.25) is 0 Å². The highest BCUT2D eigenvalue weighted by Gasteiger charge is 2.25. The fraction of sp³-hybridized carbons (Fsp3) is 0. The topological polar surface area (TPSA) is 61.4 Å². The van der Waals surface area contributed by atoms with E-state index in [4.69, 9.17) is 19.9 Å². The molecule has 124 heavy (non-hydrogen) atoms. The molecule has 0 saturated heterocycles. The summed E-state index contributed by atoms with van der Waals surface area (Å²) in [5, 5.41) is 19.6. The molecular formula is C118H74N6. The SMILES string of the molecule is c1ccc(-c2cc(-c3ccccc3)cc(-c3ccc(-c4nc5ccccc5nc4-c4cccc5c(-n6c7ccc8ccccc8c7c7c8ccccc8ccc76)cccc45)cc3)c2)cc1.c1ccc(-c2cccc(-c3ccc(-c4nc5ccccc5nc4-c4cccc5c(-n6c7ccc8ccccc8c7c7c8ccccc8ccc76)cccc45)cc3)c2)cc1. The Kier molecular flexibility index (Phi) is 17.2. The molecule has 4 heterocycles. The minimum Gasteiger partial charge on any atom is -0.309 e. The minimum atomic E-state index is 0.853. The highest BCUT2D eigenvalue weighted by Crippen LogP contribution is 2.48. The van der Waals surface area contributed by atoms with Gasteiger partial charge in [-0.25, -0.2) is 19.9 Å². The Balaban J connectivity index is 0.000000140. The lowest BCUT2D eigenvalue weighted by Crippen LogP contribution is -1.98. The molecule has 0 unspecified atom stereocenters. The Morgan fingerprint density at radius 3 is 0.742 bits per heavy atom. The van der Waals surface area contributed by atoms with Crippen molar-refractivity contribution in [2.75, 3.05) is 0 Å². The molecule has 576 valence electrons. The standard InChI is InChI=1S/C62H39N3.C56H35N3/c1-3-15-40(16-4-1)46-37-47(41-17-5-2-6-18-41)39-48(38-46)42-29-31-45(32-30-42)61-62(64-55-27-12-11-26-54(55)63-61)53-25-13-24-52-51(53)23-14-28-56(52)65-57-35-33-43-19-7-9-21-49(43)59(57)60-50-22-10-8-20-44(50)34-36-58(60)65;1-2-13-36(14-3-1)41-17-10-18-42(35-41)37-27-29-40(30-28-37)55-56(58-49-25-9-8-24-48(49)57-55)47-23-11-22-46-45(47)21-12-26-50(46)59-51-33-31-38-15-4-6-19-43(38)53(51)54-44-20-7-5-16-39(44)32-34-52(54)59/h1-39H;1-35H. The van der Waals surface area contributed by atoms with Crippen LogP contribution in [0.25, 0.3) is 242 Å². The zero-order valence-corrected chi connectivity index (χ0v) is 67.4. The third-order valence-corrected chi connectivity index (χ3v) is 25.1. The van der Waals surface area contributed by atoms with E-state index in [0.29, 0.717) is 0 Å². The van der Waals surface area contributed by atoms with Crippen LogP contribution in [0.2, 0.25) is 0 Å². The van der Waals surface area contributed by atoms with E-state index in [1.54, 1.807) is 0 Å². The van der Waals surface area contributed by atoms with Crippen LogP contribution in [0, 0.1) is 0 Å². The molecule has 21 aromatic carbocycles. The first-order chi connectivity index (χ1) is 61.5. The van der Waals surface area contributed by atoms with Gasteiger partial charge in [-0.2, -0.15) is 0 Å². The molecule has 0 atom stereocenters. The van der Waals surface area contributed by atoms with E-state index in [0.717, 1.165) is 117 Å². The summed E-state index contributed by atoms with van der Waals surface area (Å²) < 4.78 is 4.94. The summed E-state index contributed by atoms with van der Waals surface area (Å²) in [5.74, 6) is 0.